The van der Waals surface area contributed by atoms with Gasteiger partial charge in [-0.2, -0.15) is 13.2 Å². The molecule has 2 amide bonds. The number of fused-ring (bicyclic) bond motifs is 1. The highest BCUT2D eigenvalue weighted by molar-refractivity contribution is 8.18. The monoisotopic (exact) mass is 537 g/mol. The number of aliphatic hydroxyl groups is 1. The average Bonchev–Trinajstić information content (AvgIpc) is 3.34. The Hall–Kier alpha value is -2.93. The van der Waals surface area contributed by atoms with Gasteiger partial charge >= 0.3 is 6.18 Å². The Morgan fingerprint density at radius 3 is 2.78 bits per heavy atom. The van der Waals surface area contributed by atoms with Crippen LogP contribution >= 0.6 is 23.4 Å². The van der Waals surface area contributed by atoms with E-state index in [-0.39, 0.29) is 22.0 Å². The number of nitrogens with one attached hydrogen (secondary N) is 1. The molecule has 0 bridgehead atoms. The number of rotatable bonds is 4. The summed E-state index contributed by atoms with van der Waals surface area (Å²) in [4.78, 5) is 26.8. The topological polar surface area (TPSA) is 100 Å². The summed E-state index contributed by atoms with van der Waals surface area (Å²) in [5.41, 5.74) is 0.648. The lowest BCUT2D eigenvalue weighted by atomic mass is 10.0. The molecule has 2 aliphatic rings. The van der Waals surface area contributed by atoms with Gasteiger partial charge in [-0.25, -0.2) is 4.68 Å². The number of nitrogens with zero attached hydrogens (tertiary/aromatic N) is 4. The van der Waals surface area contributed by atoms with Gasteiger partial charge in [0, 0.05) is 11.6 Å². The first-order valence-electron chi connectivity index (χ1n) is 11.0. The molecule has 8 nitrogen and oxygen atoms in total. The van der Waals surface area contributed by atoms with Crippen LogP contribution in [0.3, 0.4) is 0 Å². The van der Waals surface area contributed by atoms with Gasteiger partial charge in [-0.1, -0.05) is 28.9 Å². The number of amides is 2. The van der Waals surface area contributed by atoms with Gasteiger partial charge in [0.2, 0.25) is 0 Å². The molecule has 0 radical (unpaired) electrons. The van der Waals surface area contributed by atoms with E-state index in [2.05, 4.69) is 15.6 Å². The molecule has 3 aromatic rings. The molecule has 5 rings (SSSR count). The number of β-amino-alcohol motifs (C(OH)–C–C–N with tert-alkyl or cyclic N) is 1. The van der Waals surface area contributed by atoms with Crippen molar-refractivity contribution in [3.8, 4) is 0 Å². The van der Waals surface area contributed by atoms with E-state index < -0.39 is 35.0 Å². The molecule has 0 spiro atoms. The van der Waals surface area contributed by atoms with E-state index in [0.717, 1.165) is 22.7 Å². The number of piperidine rings is 1. The Morgan fingerprint density at radius 2 is 2.03 bits per heavy atom. The van der Waals surface area contributed by atoms with Crippen molar-refractivity contribution >= 4 is 51.6 Å². The summed E-state index contributed by atoms with van der Waals surface area (Å²) in [6.07, 6.45) is -3.39. The van der Waals surface area contributed by atoms with Crippen LogP contribution < -0.4 is 5.32 Å². The lowest BCUT2D eigenvalue weighted by Gasteiger charge is -2.33. The zero-order valence-electron chi connectivity index (χ0n) is 18.5. The Labute approximate surface area is 212 Å². The van der Waals surface area contributed by atoms with E-state index in [9.17, 15) is 27.9 Å². The molecule has 36 heavy (non-hydrogen) atoms. The van der Waals surface area contributed by atoms with Crippen LogP contribution in [0, 0.1) is 0 Å². The highest BCUT2D eigenvalue weighted by Crippen LogP contribution is 2.36. The number of carbonyl (C=O) groups is 2. The van der Waals surface area contributed by atoms with Gasteiger partial charge in [0.05, 0.1) is 34.7 Å². The fraction of sp³-hybridized carbons (Fsp3) is 0.304. The average molecular weight is 538 g/mol. The molecule has 2 aliphatic heterocycles. The van der Waals surface area contributed by atoms with E-state index in [0.29, 0.717) is 36.1 Å². The van der Waals surface area contributed by atoms with Crippen LogP contribution in [0.4, 0.5) is 18.0 Å². The van der Waals surface area contributed by atoms with Crippen molar-refractivity contribution in [3.05, 3.63) is 63.0 Å². The van der Waals surface area contributed by atoms with E-state index in [4.69, 9.17) is 11.6 Å². The molecule has 1 unspecified atom stereocenters. The summed E-state index contributed by atoms with van der Waals surface area (Å²) in [6, 6.07) is 7.94. The number of thioether (sulfide) groups is 1. The second kappa shape index (κ2) is 9.51. The quantitative estimate of drug-likeness (QED) is 0.487. The van der Waals surface area contributed by atoms with Gasteiger partial charge in [0.15, 0.2) is 0 Å². The van der Waals surface area contributed by atoms with E-state index in [1.807, 2.05) is 0 Å². The first-order chi connectivity index (χ1) is 17.1. The lowest BCUT2D eigenvalue weighted by Crippen LogP contribution is -2.54. The number of halogens is 4. The first kappa shape index (κ1) is 24.8. The van der Waals surface area contributed by atoms with Crippen molar-refractivity contribution < 1.29 is 27.9 Å². The van der Waals surface area contributed by atoms with Crippen LogP contribution in [0.25, 0.3) is 17.1 Å². The van der Waals surface area contributed by atoms with Crippen molar-refractivity contribution in [3.63, 3.8) is 0 Å². The molecule has 0 saturated carbocycles. The summed E-state index contributed by atoms with van der Waals surface area (Å²) in [6.45, 7) is 0.729. The second-order valence-electron chi connectivity index (χ2n) is 8.47. The Balaban J connectivity index is 1.40. The van der Waals surface area contributed by atoms with Crippen LogP contribution in [-0.2, 0) is 17.5 Å². The molecule has 188 valence electrons. The summed E-state index contributed by atoms with van der Waals surface area (Å²) in [5, 5.41) is 20.8. The van der Waals surface area contributed by atoms with Gasteiger partial charge < -0.3 is 10.4 Å². The number of hydrogen-bond donors (Lipinski definition) is 2. The fourth-order valence-corrected chi connectivity index (χ4v) is 5.41. The number of aliphatic hydroxyl groups excluding tert-OH is 1. The molecule has 2 atom stereocenters. The smallest absolute Gasteiger partial charge is 0.390 e. The molecule has 2 N–H and O–H groups in total. The minimum absolute atomic E-state index is 0.00319. The van der Waals surface area contributed by atoms with Gasteiger partial charge in [0.25, 0.3) is 11.1 Å². The van der Waals surface area contributed by atoms with Crippen LogP contribution in [0.15, 0.2) is 41.3 Å². The van der Waals surface area contributed by atoms with Crippen molar-refractivity contribution in [2.75, 3.05) is 13.1 Å². The van der Waals surface area contributed by atoms with Crippen molar-refractivity contribution in [1.29, 1.82) is 0 Å². The minimum Gasteiger partial charge on any atom is -0.390 e. The van der Waals surface area contributed by atoms with E-state index in [1.54, 1.807) is 24.3 Å². The third-order valence-corrected chi connectivity index (χ3v) is 7.22. The molecule has 2 saturated heterocycles. The van der Waals surface area contributed by atoms with Gasteiger partial charge in [-0.15, -0.1) is 5.10 Å². The molecule has 3 heterocycles. The molecule has 1 aromatic heterocycles. The number of aromatic nitrogens is 3. The van der Waals surface area contributed by atoms with Gasteiger partial charge in [-0.05, 0) is 66.2 Å². The number of carbonyl (C=O) groups excluding carboxylic acids is 2. The van der Waals surface area contributed by atoms with Gasteiger partial charge in [-0.3, -0.25) is 14.5 Å². The number of hydrogen-bond acceptors (Lipinski definition) is 7. The predicted molar refractivity (Wildman–Crippen MR) is 128 cm³/mol. The van der Waals surface area contributed by atoms with E-state index in [1.165, 1.54) is 16.8 Å². The van der Waals surface area contributed by atoms with Crippen LogP contribution in [0.1, 0.15) is 23.1 Å². The number of benzene rings is 2. The van der Waals surface area contributed by atoms with E-state index >= 15 is 0 Å². The van der Waals surface area contributed by atoms with Crippen LogP contribution in [-0.4, -0.2) is 61.4 Å². The molecule has 2 aromatic carbocycles. The predicted octanol–water partition coefficient (Wildman–Crippen LogP) is 3.91. The summed E-state index contributed by atoms with van der Waals surface area (Å²) in [5.74, 6) is -0.470. The van der Waals surface area contributed by atoms with Crippen LogP contribution in [0.5, 0.6) is 0 Å². The first-order valence-corrected chi connectivity index (χ1v) is 12.2. The standard InChI is InChI=1S/C23H19ClF3N5O3S/c24-14-3-2-13(15(9-14)23(25,26)27)11-31-17-4-1-12(7-16(17)29-30-31)8-20-21(34)32(22(35)36-20)18-5-6-28-10-19(18)33/h1-4,7-9,18-19,28,33H,5-6,10-11H2/t18?,19-/m0/s1. The highest BCUT2D eigenvalue weighted by Gasteiger charge is 2.43. The SMILES string of the molecule is O=C1SC(=Cc2ccc3c(c2)nnn3Cc2ccc(Cl)cc2C(F)(F)F)C(=O)N1C1CCNC[C@@H]1O. The zero-order valence-corrected chi connectivity index (χ0v) is 20.1. The molecule has 0 aliphatic carbocycles. The maximum Gasteiger partial charge on any atom is 0.416 e. The third kappa shape index (κ3) is 4.73. The molecular formula is C23H19ClF3N5O3S. The highest BCUT2D eigenvalue weighted by atomic mass is 35.5. The normalized spacial score (nSPS) is 22.2. The Morgan fingerprint density at radius 1 is 1.22 bits per heavy atom. The maximum absolute atomic E-state index is 13.5. The number of alkyl halides is 3. The summed E-state index contributed by atoms with van der Waals surface area (Å²) in [7, 11) is 0. The molecule has 2 fully saturated rings. The third-order valence-electron chi connectivity index (χ3n) is 6.10. The fourth-order valence-electron chi connectivity index (χ4n) is 4.35. The van der Waals surface area contributed by atoms with Crippen LogP contribution in [0.2, 0.25) is 5.02 Å². The molecule has 13 heteroatoms. The lowest BCUT2D eigenvalue weighted by molar-refractivity contribution is -0.138. The Bertz CT molecular complexity index is 1390. The van der Waals surface area contributed by atoms with Crippen molar-refractivity contribution in [1.82, 2.24) is 25.2 Å². The largest absolute Gasteiger partial charge is 0.416 e. The Kier molecular flexibility index (Phi) is 6.54. The molecular weight excluding hydrogens is 519 g/mol. The minimum atomic E-state index is -4.57. The maximum atomic E-state index is 13.5. The zero-order chi connectivity index (χ0) is 25.6. The number of imide groups is 1. The van der Waals surface area contributed by atoms with Crippen molar-refractivity contribution in [2.45, 2.75) is 31.3 Å². The second-order valence-corrected chi connectivity index (χ2v) is 9.90. The van der Waals surface area contributed by atoms with Gasteiger partial charge in [0.1, 0.15) is 5.52 Å². The van der Waals surface area contributed by atoms with Crippen molar-refractivity contribution in [2.24, 2.45) is 0 Å². The summed E-state index contributed by atoms with van der Waals surface area (Å²) >= 11 is 6.56. The summed E-state index contributed by atoms with van der Waals surface area (Å²) < 4.78 is 41.7.